The highest BCUT2D eigenvalue weighted by molar-refractivity contribution is 9.10. The van der Waals surface area contributed by atoms with Gasteiger partial charge in [0.25, 0.3) is 11.8 Å². The van der Waals surface area contributed by atoms with E-state index in [4.69, 9.17) is 0 Å². The molecule has 0 spiro atoms. The second-order valence-corrected chi connectivity index (χ2v) is 11.4. The molecule has 202 valence electrons. The minimum Gasteiger partial charge on any atom is -0.321 e. The molecule has 0 aliphatic heterocycles. The lowest BCUT2D eigenvalue weighted by Crippen LogP contribution is -2.30. The lowest BCUT2D eigenvalue weighted by molar-refractivity contribution is -0.113. The maximum atomic E-state index is 13.4. The Balaban J connectivity index is 1.50. The van der Waals surface area contributed by atoms with Gasteiger partial charge in [-0.2, -0.15) is 0 Å². The minimum absolute atomic E-state index is 0.0178. The molecule has 4 rings (SSSR count). The SMILES string of the molecule is CC(C)c1ccc(/C=C(\NC(=O)c2ccccc2)C(=O)Nc2cccc(SCC(=O)c3ccc(Br)cc3)c2)cc1. The smallest absolute Gasteiger partial charge is 0.272 e. The molecule has 0 atom stereocenters. The van der Waals surface area contributed by atoms with Crippen LogP contribution in [0.5, 0.6) is 0 Å². The molecule has 0 aromatic heterocycles. The van der Waals surface area contributed by atoms with Crippen molar-refractivity contribution in [3.8, 4) is 0 Å². The molecule has 4 aromatic rings. The van der Waals surface area contributed by atoms with Gasteiger partial charge < -0.3 is 10.6 Å². The fourth-order valence-electron chi connectivity index (χ4n) is 3.82. The molecule has 0 unspecified atom stereocenters. The summed E-state index contributed by atoms with van der Waals surface area (Å²) in [7, 11) is 0. The van der Waals surface area contributed by atoms with Crippen molar-refractivity contribution in [2.75, 3.05) is 11.1 Å². The molecular weight excluding hydrogens is 584 g/mol. The Hall–Kier alpha value is -3.94. The quantitative estimate of drug-likeness (QED) is 0.108. The molecule has 0 aliphatic carbocycles. The molecule has 0 fully saturated rings. The highest BCUT2D eigenvalue weighted by Crippen LogP contribution is 2.24. The van der Waals surface area contributed by atoms with Gasteiger partial charge in [0.05, 0.1) is 5.75 Å². The first-order chi connectivity index (χ1) is 19.3. The van der Waals surface area contributed by atoms with E-state index in [2.05, 4.69) is 40.4 Å². The molecule has 0 saturated heterocycles. The highest BCUT2D eigenvalue weighted by atomic mass is 79.9. The maximum Gasteiger partial charge on any atom is 0.272 e. The number of nitrogens with one attached hydrogen (secondary N) is 2. The number of hydrogen-bond acceptors (Lipinski definition) is 4. The fourth-order valence-corrected chi connectivity index (χ4v) is 4.93. The van der Waals surface area contributed by atoms with Crippen molar-refractivity contribution in [3.63, 3.8) is 0 Å². The third-order valence-electron chi connectivity index (χ3n) is 6.07. The molecule has 0 saturated carbocycles. The van der Waals surface area contributed by atoms with E-state index in [1.807, 2.05) is 60.7 Å². The van der Waals surface area contributed by atoms with Crippen LogP contribution in [0.2, 0.25) is 0 Å². The van der Waals surface area contributed by atoms with Crippen molar-refractivity contribution >= 4 is 57.1 Å². The number of hydrogen-bond donors (Lipinski definition) is 2. The number of rotatable bonds is 10. The Kier molecular flexibility index (Phi) is 10.1. The molecule has 0 aliphatic rings. The van der Waals surface area contributed by atoms with Gasteiger partial charge in [-0.3, -0.25) is 14.4 Å². The van der Waals surface area contributed by atoms with Gasteiger partial charge in [-0.15, -0.1) is 11.8 Å². The van der Waals surface area contributed by atoms with E-state index in [9.17, 15) is 14.4 Å². The van der Waals surface area contributed by atoms with E-state index in [-0.39, 0.29) is 23.1 Å². The predicted octanol–water partition coefficient (Wildman–Crippen LogP) is 7.96. The topological polar surface area (TPSA) is 75.3 Å². The maximum absolute atomic E-state index is 13.4. The normalized spacial score (nSPS) is 11.2. The number of anilines is 1. The van der Waals surface area contributed by atoms with E-state index in [1.54, 1.807) is 48.5 Å². The molecule has 40 heavy (non-hydrogen) atoms. The molecule has 2 N–H and O–H groups in total. The summed E-state index contributed by atoms with van der Waals surface area (Å²) >= 11 is 4.78. The standard InChI is InChI=1S/C33H29BrN2O3S/c1-22(2)24-13-11-23(12-14-24)19-30(36-32(38)26-7-4-3-5-8-26)33(39)35-28-9-6-10-29(20-28)40-21-31(37)25-15-17-27(34)18-16-25/h3-20,22H,21H2,1-2H3,(H,35,39)(H,36,38)/b30-19-. The summed E-state index contributed by atoms with van der Waals surface area (Å²) in [6.45, 7) is 4.24. The summed E-state index contributed by atoms with van der Waals surface area (Å²) < 4.78 is 0.918. The molecular formula is C33H29BrN2O3S. The van der Waals surface area contributed by atoms with Crippen LogP contribution in [0, 0.1) is 0 Å². The molecule has 7 heteroatoms. The molecule has 0 heterocycles. The average Bonchev–Trinajstić information content (AvgIpc) is 2.97. The van der Waals surface area contributed by atoms with Crippen molar-refractivity contribution in [2.45, 2.75) is 24.7 Å². The number of amides is 2. The lowest BCUT2D eigenvalue weighted by Gasteiger charge is -2.12. The number of halogens is 1. The molecule has 5 nitrogen and oxygen atoms in total. The zero-order valence-corrected chi connectivity index (χ0v) is 24.6. The highest BCUT2D eigenvalue weighted by Gasteiger charge is 2.16. The Morgan fingerprint density at radius 3 is 2.20 bits per heavy atom. The Morgan fingerprint density at radius 1 is 0.825 bits per heavy atom. The number of Topliss-reactive ketones (excluding diaryl/α,β-unsaturated/α-hetero) is 1. The van der Waals surface area contributed by atoms with Gasteiger partial charge in [0.2, 0.25) is 0 Å². The van der Waals surface area contributed by atoms with Crippen LogP contribution in [0.4, 0.5) is 5.69 Å². The van der Waals surface area contributed by atoms with Gasteiger partial charge in [0.1, 0.15) is 5.70 Å². The first-order valence-electron chi connectivity index (χ1n) is 12.8. The van der Waals surface area contributed by atoms with Crippen LogP contribution in [-0.4, -0.2) is 23.4 Å². The van der Waals surface area contributed by atoms with Gasteiger partial charge in [0.15, 0.2) is 5.78 Å². The predicted molar refractivity (Wildman–Crippen MR) is 167 cm³/mol. The Labute approximate surface area is 247 Å². The fraction of sp³-hybridized carbons (Fsp3) is 0.121. The van der Waals surface area contributed by atoms with Crippen LogP contribution >= 0.6 is 27.7 Å². The number of carbonyl (C=O) groups is 3. The average molecular weight is 614 g/mol. The van der Waals surface area contributed by atoms with Gasteiger partial charge in [-0.1, -0.05) is 90.4 Å². The number of thioether (sulfide) groups is 1. The summed E-state index contributed by atoms with van der Waals surface area (Å²) in [6.07, 6.45) is 1.66. The zero-order chi connectivity index (χ0) is 28.5. The molecule has 2 amide bonds. The number of carbonyl (C=O) groups excluding carboxylic acids is 3. The van der Waals surface area contributed by atoms with Crippen LogP contribution < -0.4 is 10.6 Å². The van der Waals surface area contributed by atoms with E-state index in [0.29, 0.717) is 22.7 Å². The number of benzene rings is 4. The van der Waals surface area contributed by atoms with Gasteiger partial charge in [-0.25, -0.2) is 0 Å². The van der Waals surface area contributed by atoms with Crippen LogP contribution in [0.25, 0.3) is 6.08 Å². The third kappa shape index (κ3) is 8.28. The van der Waals surface area contributed by atoms with Crippen molar-refractivity contribution in [2.24, 2.45) is 0 Å². The second-order valence-electron chi connectivity index (χ2n) is 9.40. The van der Waals surface area contributed by atoms with Gasteiger partial charge in [0, 0.05) is 26.2 Å². The lowest BCUT2D eigenvalue weighted by atomic mass is 10.0. The monoisotopic (exact) mass is 612 g/mol. The summed E-state index contributed by atoms with van der Waals surface area (Å²) in [4.78, 5) is 39.7. The Morgan fingerprint density at radius 2 is 1.52 bits per heavy atom. The molecule has 0 radical (unpaired) electrons. The Bertz CT molecular complexity index is 1520. The van der Waals surface area contributed by atoms with E-state index >= 15 is 0 Å². The van der Waals surface area contributed by atoms with E-state index < -0.39 is 5.91 Å². The molecule has 4 aromatic carbocycles. The van der Waals surface area contributed by atoms with Crippen molar-refractivity contribution in [3.05, 3.63) is 136 Å². The summed E-state index contributed by atoms with van der Waals surface area (Å²) in [6, 6.07) is 31.2. The largest absolute Gasteiger partial charge is 0.321 e. The van der Waals surface area contributed by atoms with Crippen molar-refractivity contribution < 1.29 is 14.4 Å². The van der Waals surface area contributed by atoms with Crippen LogP contribution in [-0.2, 0) is 4.79 Å². The van der Waals surface area contributed by atoms with Crippen LogP contribution in [0.15, 0.2) is 118 Å². The van der Waals surface area contributed by atoms with Gasteiger partial charge >= 0.3 is 0 Å². The minimum atomic E-state index is -0.453. The number of ketones is 1. The summed E-state index contributed by atoms with van der Waals surface area (Å²) in [5.74, 6) is -0.163. The third-order valence-corrected chi connectivity index (χ3v) is 7.59. The zero-order valence-electron chi connectivity index (χ0n) is 22.2. The first kappa shape index (κ1) is 29.1. The second kappa shape index (κ2) is 13.9. The summed E-state index contributed by atoms with van der Waals surface area (Å²) in [5, 5.41) is 5.66. The van der Waals surface area contributed by atoms with E-state index in [1.165, 1.54) is 17.3 Å². The van der Waals surface area contributed by atoms with Crippen molar-refractivity contribution in [1.82, 2.24) is 5.32 Å². The summed E-state index contributed by atoms with van der Waals surface area (Å²) in [5.41, 5.74) is 3.74. The van der Waals surface area contributed by atoms with Crippen LogP contribution in [0.1, 0.15) is 51.6 Å². The first-order valence-corrected chi connectivity index (χ1v) is 14.6. The van der Waals surface area contributed by atoms with Crippen LogP contribution in [0.3, 0.4) is 0 Å². The molecule has 0 bridgehead atoms. The van der Waals surface area contributed by atoms with Gasteiger partial charge in [-0.05, 0) is 65.6 Å². The van der Waals surface area contributed by atoms with E-state index in [0.717, 1.165) is 14.9 Å². The van der Waals surface area contributed by atoms with Crippen molar-refractivity contribution in [1.29, 1.82) is 0 Å².